The van der Waals surface area contributed by atoms with Gasteiger partial charge in [-0.2, -0.15) is 0 Å². The Morgan fingerprint density at radius 2 is 2.00 bits per heavy atom. The summed E-state index contributed by atoms with van der Waals surface area (Å²) < 4.78 is 4.81. The Hall–Kier alpha value is -1.79. The minimum Gasteiger partial charge on any atom is -0.480 e. The third-order valence-electron chi connectivity index (χ3n) is 2.83. The first kappa shape index (κ1) is 17.3. The largest absolute Gasteiger partial charge is 0.480 e. The molecule has 6 nitrogen and oxygen atoms in total. The summed E-state index contributed by atoms with van der Waals surface area (Å²) in [6, 6.07) is 5.85. The van der Waals surface area contributed by atoms with Crippen molar-refractivity contribution in [2.24, 2.45) is 0 Å². The van der Waals surface area contributed by atoms with E-state index in [0.29, 0.717) is 18.0 Å². The van der Waals surface area contributed by atoms with E-state index < -0.39 is 18.0 Å². The van der Waals surface area contributed by atoms with Crippen molar-refractivity contribution < 1.29 is 19.4 Å². The number of benzene rings is 1. The van der Waals surface area contributed by atoms with Crippen molar-refractivity contribution in [2.75, 3.05) is 20.3 Å². The first-order valence-corrected chi connectivity index (χ1v) is 6.91. The SMILES string of the molecule is COCCC(NC(=O)NCCc1ccc(Cl)cc1)C(=O)O. The topological polar surface area (TPSA) is 87.7 Å². The van der Waals surface area contributed by atoms with Crippen LogP contribution in [0.5, 0.6) is 0 Å². The maximum atomic E-state index is 11.6. The van der Waals surface area contributed by atoms with Crippen LogP contribution in [0.15, 0.2) is 24.3 Å². The molecule has 0 radical (unpaired) electrons. The lowest BCUT2D eigenvalue weighted by molar-refractivity contribution is -0.139. The van der Waals surface area contributed by atoms with E-state index in [1.165, 1.54) is 7.11 Å². The Morgan fingerprint density at radius 3 is 2.57 bits per heavy atom. The molecule has 116 valence electrons. The highest BCUT2D eigenvalue weighted by atomic mass is 35.5. The number of carbonyl (C=O) groups excluding carboxylic acids is 1. The Bertz CT molecular complexity index is 465. The van der Waals surface area contributed by atoms with Gasteiger partial charge in [-0.25, -0.2) is 9.59 Å². The van der Waals surface area contributed by atoms with Crippen molar-refractivity contribution in [3.8, 4) is 0 Å². The van der Waals surface area contributed by atoms with E-state index in [-0.39, 0.29) is 13.0 Å². The zero-order chi connectivity index (χ0) is 15.7. The van der Waals surface area contributed by atoms with Gasteiger partial charge in [0.15, 0.2) is 0 Å². The normalized spacial score (nSPS) is 11.7. The molecule has 2 amide bonds. The summed E-state index contributed by atoms with van der Waals surface area (Å²) in [5.74, 6) is -1.08. The molecule has 1 rings (SSSR count). The summed E-state index contributed by atoms with van der Waals surface area (Å²) in [4.78, 5) is 22.6. The summed E-state index contributed by atoms with van der Waals surface area (Å²) in [5.41, 5.74) is 1.04. The number of urea groups is 1. The number of halogens is 1. The summed E-state index contributed by atoms with van der Waals surface area (Å²) in [7, 11) is 1.48. The van der Waals surface area contributed by atoms with Crippen LogP contribution in [0.25, 0.3) is 0 Å². The van der Waals surface area contributed by atoms with Gasteiger partial charge in [0.2, 0.25) is 0 Å². The van der Waals surface area contributed by atoms with Gasteiger partial charge in [-0.3, -0.25) is 0 Å². The van der Waals surface area contributed by atoms with E-state index in [4.69, 9.17) is 21.4 Å². The van der Waals surface area contributed by atoms with Gasteiger partial charge in [0.05, 0.1) is 0 Å². The van der Waals surface area contributed by atoms with Crippen LogP contribution in [-0.2, 0) is 16.0 Å². The number of carboxylic acids is 1. The molecule has 0 bridgehead atoms. The van der Waals surface area contributed by atoms with Gasteiger partial charge in [-0.05, 0) is 24.1 Å². The summed E-state index contributed by atoms with van der Waals surface area (Å²) >= 11 is 5.78. The van der Waals surface area contributed by atoms with Crippen molar-refractivity contribution in [3.63, 3.8) is 0 Å². The predicted octanol–water partition coefficient (Wildman–Crippen LogP) is 1.67. The predicted molar refractivity (Wildman–Crippen MR) is 79.6 cm³/mol. The van der Waals surface area contributed by atoms with Gasteiger partial charge in [0.1, 0.15) is 6.04 Å². The molecule has 7 heteroatoms. The maximum absolute atomic E-state index is 11.6. The van der Waals surface area contributed by atoms with Gasteiger partial charge in [-0.1, -0.05) is 23.7 Å². The fourth-order valence-corrected chi connectivity index (χ4v) is 1.80. The Morgan fingerprint density at radius 1 is 1.33 bits per heavy atom. The number of carboxylic acid groups (broad SMARTS) is 1. The van der Waals surface area contributed by atoms with Crippen LogP contribution in [0, 0.1) is 0 Å². The van der Waals surface area contributed by atoms with Crippen LogP contribution in [0.1, 0.15) is 12.0 Å². The Kier molecular flexibility index (Phi) is 7.56. The van der Waals surface area contributed by atoms with E-state index >= 15 is 0 Å². The average molecular weight is 315 g/mol. The number of hydrogen-bond acceptors (Lipinski definition) is 3. The second-order valence-electron chi connectivity index (χ2n) is 4.45. The van der Waals surface area contributed by atoms with Crippen molar-refractivity contribution in [3.05, 3.63) is 34.9 Å². The summed E-state index contributed by atoms with van der Waals surface area (Å²) in [5, 5.41) is 14.6. The first-order valence-electron chi connectivity index (χ1n) is 6.53. The van der Waals surface area contributed by atoms with Crippen LogP contribution < -0.4 is 10.6 Å². The van der Waals surface area contributed by atoms with Crippen LogP contribution in [0.3, 0.4) is 0 Å². The van der Waals surface area contributed by atoms with Crippen molar-refractivity contribution in [1.29, 1.82) is 0 Å². The molecule has 0 aliphatic carbocycles. The molecule has 0 saturated heterocycles. The van der Waals surface area contributed by atoms with Gasteiger partial charge in [0, 0.05) is 31.7 Å². The van der Waals surface area contributed by atoms with Gasteiger partial charge >= 0.3 is 12.0 Å². The molecule has 0 aromatic heterocycles. The smallest absolute Gasteiger partial charge is 0.326 e. The highest BCUT2D eigenvalue weighted by Gasteiger charge is 2.19. The zero-order valence-corrected chi connectivity index (χ0v) is 12.5. The van der Waals surface area contributed by atoms with Crippen molar-refractivity contribution in [2.45, 2.75) is 18.9 Å². The molecular weight excluding hydrogens is 296 g/mol. The molecule has 1 aromatic carbocycles. The molecule has 1 aromatic rings. The first-order chi connectivity index (χ1) is 10.0. The molecule has 0 saturated carbocycles. The van der Waals surface area contributed by atoms with E-state index in [9.17, 15) is 9.59 Å². The lowest BCUT2D eigenvalue weighted by Gasteiger charge is -2.14. The highest BCUT2D eigenvalue weighted by molar-refractivity contribution is 6.30. The van der Waals surface area contributed by atoms with Gasteiger partial charge < -0.3 is 20.5 Å². The molecule has 0 fully saturated rings. The van der Waals surface area contributed by atoms with Crippen LogP contribution >= 0.6 is 11.6 Å². The second-order valence-corrected chi connectivity index (χ2v) is 4.89. The van der Waals surface area contributed by atoms with Crippen LogP contribution in [0.2, 0.25) is 5.02 Å². The number of amides is 2. The molecule has 3 N–H and O–H groups in total. The lowest BCUT2D eigenvalue weighted by Crippen LogP contribution is -2.46. The number of methoxy groups -OCH3 is 1. The van der Waals surface area contributed by atoms with E-state index in [1.807, 2.05) is 12.1 Å². The Labute approximate surface area is 128 Å². The third kappa shape index (κ3) is 6.97. The molecule has 0 spiro atoms. The number of hydrogen-bond donors (Lipinski definition) is 3. The van der Waals surface area contributed by atoms with E-state index in [0.717, 1.165) is 5.56 Å². The number of rotatable bonds is 8. The summed E-state index contributed by atoms with van der Waals surface area (Å²) in [6.07, 6.45) is 0.858. The molecule has 1 unspecified atom stereocenters. The lowest BCUT2D eigenvalue weighted by atomic mass is 10.1. The molecule has 21 heavy (non-hydrogen) atoms. The van der Waals surface area contributed by atoms with Gasteiger partial charge in [-0.15, -0.1) is 0 Å². The van der Waals surface area contributed by atoms with Crippen molar-refractivity contribution >= 4 is 23.6 Å². The molecule has 0 aliphatic heterocycles. The molecular formula is C14H19ClN2O4. The number of nitrogens with one attached hydrogen (secondary N) is 2. The zero-order valence-electron chi connectivity index (χ0n) is 11.8. The number of aliphatic carboxylic acids is 1. The molecule has 0 heterocycles. The second kappa shape index (κ2) is 9.20. The van der Waals surface area contributed by atoms with Crippen LogP contribution in [-0.4, -0.2) is 43.4 Å². The Balaban J connectivity index is 2.32. The van der Waals surface area contributed by atoms with E-state index in [2.05, 4.69) is 10.6 Å². The van der Waals surface area contributed by atoms with Crippen molar-refractivity contribution in [1.82, 2.24) is 10.6 Å². The molecule has 0 aliphatic rings. The van der Waals surface area contributed by atoms with Crippen LogP contribution in [0.4, 0.5) is 4.79 Å². The number of ether oxygens (including phenoxy) is 1. The maximum Gasteiger partial charge on any atom is 0.326 e. The van der Waals surface area contributed by atoms with E-state index in [1.54, 1.807) is 12.1 Å². The molecule has 1 atom stereocenters. The van der Waals surface area contributed by atoms with Gasteiger partial charge in [0.25, 0.3) is 0 Å². The monoisotopic (exact) mass is 314 g/mol. The standard InChI is InChI=1S/C14H19ClN2O4/c1-21-9-7-12(13(18)19)17-14(20)16-8-6-10-2-4-11(15)5-3-10/h2-5,12H,6-9H2,1H3,(H,18,19)(H2,16,17,20). The fourth-order valence-electron chi connectivity index (χ4n) is 1.67. The summed E-state index contributed by atoms with van der Waals surface area (Å²) in [6.45, 7) is 0.673. The fraction of sp³-hybridized carbons (Fsp3) is 0.429. The third-order valence-corrected chi connectivity index (χ3v) is 3.08. The minimum atomic E-state index is -1.08. The highest BCUT2D eigenvalue weighted by Crippen LogP contribution is 2.09. The quantitative estimate of drug-likeness (QED) is 0.681. The number of carbonyl (C=O) groups is 2. The minimum absolute atomic E-state index is 0.219. The average Bonchev–Trinajstić information content (AvgIpc) is 2.45.